The van der Waals surface area contributed by atoms with Gasteiger partial charge in [0.05, 0.1) is 0 Å². The molecule has 0 aliphatic rings. The quantitative estimate of drug-likeness (QED) is 0.566. The van der Waals surface area contributed by atoms with Gasteiger partial charge < -0.3 is 10.2 Å². The average molecular weight is 226 g/mol. The monoisotopic (exact) mass is 226 g/mol. The Bertz CT molecular complexity index is 409. The molecule has 1 rings (SSSR count). The number of rotatable bonds is 7. The minimum Gasteiger partial charge on any atom is -0.380 e. The summed E-state index contributed by atoms with van der Waals surface area (Å²) >= 11 is 0. The molecule has 0 aliphatic carbocycles. The summed E-state index contributed by atoms with van der Waals surface area (Å²) in [5, 5.41) is 3.06. The third-order valence-electron chi connectivity index (χ3n) is 2.66. The van der Waals surface area contributed by atoms with Crippen LogP contribution in [0.15, 0.2) is 9.59 Å². The van der Waals surface area contributed by atoms with Crippen molar-refractivity contribution in [1.82, 2.24) is 0 Å². The fourth-order valence-electron chi connectivity index (χ4n) is 1.74. The van der Waals surface area contributed by atoms with Crippen LogP contribution in [0.3, 0.4) is 0 Å². The van der Waals surface area contributed by atoms with Crippen molar-refractivity contribution in [2.45, 2.75) is 32.6 Å². The van der Waals surface area contributed by atoms with Crippen LogP contribution >= 0.6 is 0 Å². The van der Waals surface area contributed by atoms with E-state index in [4.69, 9.17) is 0 Å². The molecular weight excluding hydrogens is 204 g/mol. The Kier molecular flexibility index (Phi) is 4.52. The van der Waals surface area contributed by atoms with Crippen LogP contribution in [0.1, 0.15) is 34.0 Å². The fraction of sp³-hybridized carbons (Fsp3) is 0.667. The standard InChI is InChI=1S/C12H20N2O2.H2/c1-4-5-6-7-8-13-9-10(14(2)3)12(16)11(9)15;/h13H,4-8H2,1-3H3;1H. The minimum absolute atomic E-state index is 0. The number of nitrogens with one attached hydrogen (secondary N) is 1. The summed E-state index contributed by atoms with van der Waals surface area (Å²) in [4.78, 5) is 24.3. The molecule has 0 bridgehead atoms. The highest BCUT2D eigenvalue weighted by Crippen LogP contribution is 2.17. The van der Waals surface area contributed by atoms with Crippen molar-refractivity contribution >= 4 is 11.4 Å². The molecule has 4 nitrogen and oxygen atoms in total. The molecule has 1 N–H and O–H groups in total. The number of unbranched alkanes of at least 4 members (excludes halogenated alkanes) is 3. The van der Waals surface area contributed by atoms with E-state index in [0.29, 0.717) is 11.4 Å². The zero-order valence-electron chi connectivity index (χ0n) is 10.3. The van der Waals surface area contributed by atoms with E-state index in [9.17, 15) is 9.59 Å². The van der Waals surface area contributed by atoms with E-state index >= 15 is 0 Å². The number of nitrogens with zero attached hydrogens (tertiary/aromatic N) is 1. The second-order valence-corrected chi connectivity index (χ2v) is 4.26. The molecule has 0 heterocycles. The third-order valence-corrected chi connectivity index (χ3v) is 2.66. The topological polar surface area (TPSA) is 49.4 Å². The molecule has 0 amide bonds. The second-order valence-electron chi connectivity index (χ2n) is 4.26. The third kappa shape index (κ3) is 2.62. The zero-order valence-corrected chi connectivity index (χ0v) is 10.3. The first-order valence-corrected chi connectivity index (χ1v) is 5.84. The molecule has 1 aromatic rings. The van der Waals surface area contributed by atoms with Gasteiger partial charge in [-0.15, -0.1) is 0 Å². The van der Waals surface area contributed by atoms with Crippen molar-refractivity contribution in [3.8, 4) is 0 Å². The van der Waals surface area contributed by atoms with E-state index in [0.717, 1.165) is 19.4 Å². The summed E-state index contributed by atoms with van der Waals surface area (Å²) < 4.78 is 0. The Balaban J connectivity index is 0.00000256. The van der Waals surface area contributed by atoms with E-state index in [-0.39, 0.29) is 12.3 Å². The maximum atomic E-state index is 11.3. The maximum absolute atomic E-state index is 11.3. The molecule has 4 heteroatoms. The van der Waals surface area contributed by atoms with E-state index in [1.54, 1.807) is 19.0 Å². The van der Waals surface area contributed by atoms with Gasteiger partial charge >= 0.3 is 0 Å². The zero-order chi connectivity index (χ0) is 12.1. The van der Waals surface area contributed by atoms with Crippen molar-refractivity contribution in [2.24, 2.45) is 0 Å². The Morgan fingerprint density at radius 3 is 2.38 bits per heavy atom. The Hall–Kier alpha value is -1.32. The Morgan fingerprint density at radius 2 is 1.81 bits per heavy atom. The highest BCUT2D eigenvalue weighted by Gasteiger charge is 2.21. The van der Waals surface area contributed by atoms with E-state index < -0.39 is 0 Å². The predicted octanol–water partition coefficient (Wildman–Crippen LogP) is 1.59. The van der Waals surface area contributed by atoms with E-state index in [1.807, 2.05) is 0 Å². The van der Waals surface area contributed by atoms with Crippen LogP contribution in [0.5, 0.6) is 0 Å². The smallest absolute Gasteiger partial charge is 0.253 e. The first-order chi connectivity index (χ1) is 7.59. The molecule has 0 fully saturated rings. The first kappa shape index (κ1) is 12.7. The summed E-state index contributed by atoms with van der Waals surface area (Å²) in [6, 6.07) is 0. The molecule has 0 saturated carbocycles. The van der Waals surface area contributed by atoms with Crippen LogP contribution in [0, 0.1) is 0 Å². The normalized spacial score (nSPS) is 10.7. The van der Waals surface area contributed by atoms with Crippen molar-refractivity contribution < 1.29 is 1.43 Å². The number of hydrogen-bond acceptors (Lipinski definition) is 4. The van der Waals surface area contributed by atoms with Gasteiger partial charge in [-0.3, -0.25) is 9.59 Å². The predicted molar refractivity (Wildman–Crippen MR) is 70.4 cm³/mol. The second kappa shape index (κ2) is 5.68. The van der Waals surface area contributed by atoms with Crippen LogP contribution in [-0.4, -0.2) is 20.6 Å². The van der Waals surface area contributed by atoms with Gasteiger partial charge in [0.25, 0.3) is 10.9 Å². The summed E-state index contributed by atoms with van der Waals surface area (Å²) in [5.41, 5.74) is 0.257. The Labute approximate surface area is 97.4 Å². The van der Waals surface area contributed by atoms with Crippen molar-refractivity contribution in [3.05, 3.63) is 20.4 Å². The summed E-state index contributed by atoms with van der Waals surface area (Å²) in [6.07, 6.45) is 4.62. The molecular formula is C12H22N2O2. The fourth-order valence-corrected chi connectivity index (χ4v) is 1.74. The highest BCUT2D eigenvalue weighted by molar-refractivity contribution is 5.74. The largest absolute Gasteiger partial charge is 0.380 e. The summed E-state index contributed by atoms with van der Waals surface area (Å²) in [6.45, 7) is 2.93. The number of anilines is 2. The average Bonchev–Trinajstić information content (AvgIpc) is 2.25. The van der Waals surface area contributed by atoms with Crippen molar-refractivity contribution in [2.75, 3.05) is 30.9 Å². The first-order valence-electron chi connectivity index (χ1n) is 5.84. The van der Waals surface area contributed by atoms with Crippen LogP contribution in [0.25, 0.3) is 0 Å². The molecule has 0 aliphatic heterocycles. The molecule has 1 aromatic carbocycles. The molecule has 0 atom stereocenters. The Morgan fingerprint density at radius 1 is 1.12 bits per heavy atom. The lowest BCUT2D eigenvalue weighted by molar-refractivity contribution is 0.684. The molecule has 0 unspecified atom stereocenters. The van der Waals surface area contributed by atoms with Crippen LogP contribution in [0.2, 0.25) is 0 Å². The van der Waals surface area contributed by atoms with Gasteiger partial charge in [-0.1, -0.05) is 26.2 Å². The molecule has 0 spiro atoms. The van der Waals surface area contributed by atoms with Gasteiger partial charge in [0.1, 0.15) is 11.4 Å². The van der Waals surface area contributed by atoms with Gasteiger partial charge in [0, 0.05) is 22.1 Å². The van der Waals surface area contributed by atoms with Gasteiger partial charge in [0.2, 0.25) is 0 Å². The van der Waals surface area contributed by atoms with Crippen molar-refractivity contribution in [3.63, 3.8) is 0 Å². The molecule has 16 heavy (non-hydrogen) atoms. The SMILES string of the molecule is CCCCCCNc1c(N(C)C)c(=O)c1=O.[HH]. The van der Waals surface area contributed by atoms with Gasteiger partial charge in [0.15, 0.2) is 0 Å². The van der Waals surface area contributed by atoms with Crippen molar-refractivity contribution in [1.29, 1.82) is 0 Å². The minimum atomic E-state index is -0.376. The van der Waals surface area contributed by atoms with Crippen LogP contribution < -0.4 is 21.1 Å². The lowest BCUT2D eigenvalue weighted by Crippen LogP contribution is -2.40. The lowest BCUT2D eigenvalue weighted by Gasteiger charge is -2.19. The maximum Gasteiger partial charge on any atom is 0.253 e. The molecule has 0 saturated heterocycles. The molecule has 0 aromatic heterocycles. The number of hydrogen-bond donors (Lipinski definition) is 1. The lowest BCUT2D eigenvalue weighted by atomic mass is 10.1. The highest BCUT2D eigenvalue weighted by atomic mass is 16.2. The van der Waals surface area contributed by atoms with Crippen LogP contribution in [-0.2, 0) is 0 Å². The molecule has 0 radical (unpaired) electrons. The molecule has 92 valence electrons. The summed E-state index contributed by atoms with van der Waals surface area (Å²) in [7, 11) is 3.55. The van der Waals surface area contributed by atoms with Gasteiger partial charge in [-0.2, -0.15) is 0 Å². The van der Waals surface area contributed by atoms with E-state index in [2.05, 4.69) is 12.2 Å². The van der Waals surface area contributed by atoms with Gasteiger partial charge in [-0.05, 0) is 6.42 Å². The van der Waals surface area contributed by atoms with Gasteiger partial charge in [-0.25, -0.2) is 0 Å². The summed E-state index contributed by atoms with van der Waals surface area (Å²) in [5.74, 6) is 0. The van der Waals surface area contributed by atoms with Crippen LogP contribution in [0.4, 0.5) is 11.4 Å². The van der Waals surface area contributed by atoms with E-state index in [1.165, 1.54) is 12.8 Å².